The van der Waals surface area contributed by atoms with Gasteiger partial charge in [0.05, 0.1) is 7.11 Å². The van der Waals surface area contributed by atoms with E-state index in [1.165, 1.54) is 13.2 Å². The van der Waals surface area contributed by atoms with Crippen molar-refractivity contribution in [2.24, 2.45) is 0 Å². The largest absolute Gasteiger partial charge is 0.493 e. The number of methoxy groups -OCH3 is 1. The van der Waals surface area contributed by atoms with E-state index in [0.29, 0.717) is 11.6 Å². The standard InChI is InChI=1S/C12H12N2O5/c1-7-13-10(19-14-7)6-18-11-8(12(15)16)4-3-5-9(11)17-2/h3-5H,6H2,1-2H3,(H,15,16). The molecule has 0 radical (unpaired) electrons. The molecule has 7 heteroatoms. The second-order valence-corrected chi connectivity index (χ2v) is 3.67. The highest BCUT2D eigenvalue weighted by Gasteiger charge is 2.17. The average Bonchev–Trinajstić information content (AvgIpc) is 2.81. The van der Waals surface area contributed by atoms with E-state index in [1.54, 1.807) is 19.1 Å². The zero-order valence-electron chi connectivity index (χ0n) is 10.4. The predicted octanol–water partition coefficient (Wildman–Crippen LogP) is 1.66. The van der Waals surface area contributed by atoms with Crippen LogP contribution in [0.1, 0.15) is 22.1 Å². The highest BCUT2D eigenvalue weighted by molar-refractivity contribution is 5.92. The van der Waals surface area contributed by atoms with E-state index in [1.807, 2.05) is 0 Å². The molecule has 1 aromatic heterocycles. The zero-order valence-corrected chi connectivity index (χ0v) is 10.4. The van der Waals surface area contributed by atoms with Crippen LogP contribution in [0.25, 0.3) is 0 Å². The number of carboxylic acid groups (broad SMARTS) is 1. The van der Waals surface area contributed by atoms with E-state index in [0.717, 1.165) is 0 Å². The molecular formula is C12H12N2O5. The Balaban J connectivity index is 2.25. The Morgan fingerprint density at radius 3 is 2.84 bits per heavy atom. The summed E-state index contributed by atoms with van der Waals surface area (Å²) in [6, 6.07) is 4.62. The Morgan fingerprint density at radius 2 is 2.26 bits per heavy atom. The monoisotopic (exact) mass is 264 g/mol. The molecule has 1 N–H and O–H groups in total. The van der Waals surface area contributed by atoms with Crippen molar-refractivity contribution >= 4 is 5.97 Å². The molecule has 0 unspecified atom stereocenters. The fourth-order valence-corrected chi connectivity index (χ4v) is 1.53. The maximum Gasteiger partial charge on any atom is 0.339 e. The van der Waals surface area contributed by atoms with E-state index >= 15 is 0 Å². The van der Waals surface area contributed by atoms with Crippen LogP contribution >= 0.6 is 0 Å². The third-order valence-corrected chi connectivity index (χ3v) is 2.34. The van der Waals surface area contributed by atoms with E-state index in [9.17, 15) is 4.79 Å². The molecular weight excluding hydrogens is 252 g/mol. The molecule has 1 aromatic carbocycles. The summed E-state index contributed by atoms with van der Waals surface area (Å²) in [5.41, 5.74) is 0.00980. The van der Waals surface area contributed by atoms with Crippen LogP contribution in [-0.2, 0) is 6.61 Å². The topological polar surface area (TPSA) is 94.7 Å². The number of ether oxygens (including phenoxy) is 2. The molecule has 7 nitrogen and oxygen atoms in total. The third-order valence-electron chi connectivity index (χ3n) is 2.34. The molecule has 0 fully saturated rings. The first-order chi connectivity index (χ1) is 9.11. The van der Waals surface area contributed by atoms with Gasteiger partial charge in [-0.1, -0.05) is 11.2 Å². The second-order valence-electron chi connectivity index (χ2n) is 3.67. The van der Waals surface area contributed by atoms with E-state index in [4.69, 9.17) is 19.1 Å². The summed E-state index contributed by atoms with van der Waals surface area (Å²) in [6.45, 7) is 1.65. The van der Waals surface area contributed by atoms with Gasteiger partial charge in [0.2, 0.25) is 0 Å². The number of aryl methyl sites for hydroxylation is 1. The Kier molecular flexibility index (Phi) is 3.65. The number of hydrogen-bond donors (Lipinski definition) is 1. The van der Waals surface area contributed by atoms with Crippen LogP contribution in [-0.4, -0.2) is 28.3 Å². The summed E-state index contributed by atoms with van der Waals surface area (Å²) in [5.74, 6) is 0.108. The molecule has 2 rings (SSSR count). The number of para-hydroxylation sites is 1. The van der Waals surface area contributed by atoms with Gasteiger partial charge < -0.3 is 19.1 Å². The molecule has 19 heavy (non-hydrogen) atoms. The highest BCUT2D eigenvalue weighted by Crippen LogP contribution is 2.31. The second kappa shape index (κ2) is 5.38. The van der Waals surface area contributed by atoms with Crippen molar-refractivity contribution in [3.05, 3.63) is 35.5 Å². The van der Waals surface area contributed by atoms with Gasteiger partial charge in [-0.15, -0.1) is 0 Å². The van der Waals surface area contributed by atoms with Gasteiger partial charge in [0.25, 0.3) is 5.89 Å². The van der Waals surface area contributed by atoms with Gasteiger partial charge in [0.1, 0.15) is 5.56 Å². The van der Waals surface area contributed by atoms with Crippen molar-refractivity contribution in [3.63, 3.8) is 0 Å². The van der Waals surface area contributed by atoms with Crippen LogP contribution in [0.5, 0.6) is 11.5 Å². The lowest BCUT2D eigenvalue weighted by molar-refractivity contribution is 0.0690. The molecule has 0 amide bonds. The first-order valence-electron chi connectivity index (χ1n) is 5.44. The number of aromatic carboxylic acids is 1. The number of benzene rings is 1. The summed E-state index contributed by atoms with van der Waals surface area (Å²) >= 11 is 0. The van der Waals surface area contributed by atoms with Crippen LogP contribution < -0.4 is 9.47 Å². The molecule has 0 aliphatic carbocycles. The quantitative estimate of drug-likeness (QED) is 0.877. The molecule has 0 spiro atoms. The summed E-state index contributed by atoms with van der Waals surface area (Å²) in [4.78, 5) is 15.1. The van der Waals surface area contributed by atoms with Crippen molar-refractivity contribution in [2.45, 2.75) is 13.5 Å². The summed E-state index contributed by atoms with van der Waals surface area (Å²) in [5, 5.41) is 12.7. The van der Waals surface area contributed by atoms with Crippen LogP contribution in [0, 0.1) is 6.92 Å². The minimum absolute atomic E-state index is 0.00980. The van der Waals surface area contributed by atoms with Crippen molar-refractivity contribution in [1.29, 1.82) is 0 Å². The lowest BCUT2D eigenvalue weighted by Gasteiger charge is -2.11. The molecule has 2 aromatic rings. The van der Waals surface area contributed by atoms with Gasteiger partial charge in [-0.25, -0.2) is 4.79 Å². The Labute approximate surface area is 108 Å². The number of nitrogens with zero attached hydrogens (tertiary/aromatic N) is 2. The molecule has 0 atom stereocenters. The SMILES string of the molecule is COc1cccc(C(=O)O)c1OCc1nc(C)no1. The summed E-state index contributed by atoms with van der Waals surface area (Å²) < 4.78 is 15.4. The van der Waals surface area contributed by atoms with Crippen LogP contribution in [0.3, 0.4) is 0 Å². The minimum Gasteiger partial charge on any atom is -0.493 e. The lowest BCUT2D eigenvalue weighted by atomic mass is 10.2. The summed E-state index contributed by atoms with van der Waals surface area (Å²) in [7, 11) is 1.44. The predicted molar refractivity (Wildman–Crippen MR) is 63.3 cm³/mol. The minimum atomic E-state index is -1.10. The van der Waals surface area contributed by atoms with Gasteiger partial charge in [0, 0.05) is 0 Å². The third kappa shape index (κ3) is 2.82. The molecule has 1 heterocycles. The maximum absolute atomic E-state index is 11.1. The molecule has 0 aliphatic rings. The van der Waals surface area contributed by atoms with Gasteiger partial charge in [0.15, 0.2) is 23.9 Å². The Bertz CT molecular complexity index is 594. The van der Waals surface area contributed by atoms with Crippen molar-refractivity contribution in [1.82, 2.24) is 10.1 Å². The van der Waals surface area contributed by atoms with Crippen molar-refractivity contribution < 1.29 is 23.9 Å². The Morgan fingerprint density at radius 1 is 1.47 bits per heavy atom. The van der Waals surface area contributed by atoms with E-state index < -0.39 is 5.97 Å². The first-order valence-corrected chi connectivity index (χ1v) is 5.44. The van der Waals surface area contributed by atoms with Crippen LogP contribution in [0.2, 0.25) is 0 Å². The Hall–Kier alpha value is -2.57. The maximum atomic E-state index is 11.1. The number of rotatable bonds is 5. The number of hydrogen-bond acceptors (Lipinski definition) is 6. The fourth-order valence-electron chi connectivity index (χ4n) is 1.53. The first kappa shape index (κ1) is 12.9. The van der Waals surface area contributed by atoms with Crippen LogP contribution in [0.15, 0.2) is 22.7 Å². The van der Waals surface area contributed by atoms with Gasteiger partial charge >= 0.3 is 5.97 Å². The summed E-state index contributed by atoms with van der Waals surface area (Å²) in [6.07, 6.45) is 0. The molecule has 0 saturated carbocycles. The average molecular weight is 264 g/mol. The number of carbonyl (C=O) groups is 1. The lowest BCUT2D eigenvalue weighted by Crippen LogP contribution is -2.05. The fraction of sp³-hybridized carbons (Fsp3) is 0.250. The molecule has 0 bridgehead atoms. The van der Waals surface area contributed by atoms with E-state index in [2.05, 4.69) is 10.1 Å². The number of aromatic nitrogens is 2. The van der Waals surface area contributed by atoms with Crippen LogP contribution in [0.4, 0.5) is 0 Å². The zero-order chi connectivity index (χ0) is 13.8. The molecule has 0 aliphatic heterocycles. The smallest absolute Gasteiger partial charge is 0.339 e. The van der Waals surface area contributed by atoms with E-state index in [-0.39, 0.29) is 23.8 Å². The molecule has 100 valence electrons. The normalized spacial score (nSPS) is 10.2. The molecule has 0 saturated heterocycles. The highest BCUT2D eigenvalue weighted by atomic mass is 16.5. The van der Waals surface area contributed by atoms with Gasteiger partial charge in [-0.05, 0) is 19.1 Å². The van der Waals surface area contributed by atoms with Crippen molar-refractivity contribution in [2.75, 3.05) is 7.11 Å². The number of carboxylic acids is 1. The van der Waals surface area contributed by atoms with Gasteiger partial charge in [-0.2, -0.15) is 4.98 Å². The van der Waals surface area contributed by atoms with Crippen molar-refractivity contribution in [3.8, 4) is 11.5 Å². The van der Waals surface area contributed by atoms with Gasteiger partial charge in [-0.3, -0.25) is 0 Å².